The maximum atomic E-state index is 9.06. The number of para-hydroxylation sites is 1. The SMILES string of the molecule is CC/C=C/C=C(/C#N)N(C)c1ccccc1. The molecule has 82 valence electrons. The predicted octanol–water partition coefficient (Wildman–Crippen LogP) is 3.50. The van der Waals surface area contributed by atoms with Gasteiger partial charge in [0.25, 0.3) is 0 Å². The molecule has 0 atom stereocenters. The standard InChI is InChI=1S/C14H16N2/c1-3-4-6-11-14(12-15)16(2)13-9-7-5-8-10-13/h4-11H,3H2,1-2H3/b6-4+,14-11-. The van der Waals surface area contributed by atoms with Gasteiger partial charge in [-0.05, 0) is 24.6 Å². The zero-order chi connectivity index (χ0) is 11.8. The number of nitriles is 1. The fraction of sp³-hybridized carbons (Fsp3) is 0.214. The van der Waals surface area contributed by atoms with Gasteiger partial charge >= 0.3 is 0 Å². The minimum atomic E-state index is 0.635. The molecular weight excluding hydrogens is 196 g/mol. The number of rotatable bonds is 4. The lowest BCUT2D eigenvalue weighted by Gasteiger charge is -2.17. The molecule has 0 fully saturated rings. The van der Waals surface area contributed by atoms with Crippen LogP contribution < -0.4 is 4.90 Å². The number of benzene rings is 1. The van der Waals surface area contributed by atoms with Crippen LogP contribution in [0.5, 0.6) is 0 Å². The van der Waals surface area contributed by atoms with Gasteiger partial charge in [-0.3, -0.25) is 0 Å². The first-order valence-electron chi connectivity index (χ1n) is 5.35. The molecule has 0 saturated carbocycles. The predicted molar refractivity (Wildman–Crippen MR) is 68.0 cm³/mol. The first-order chi connectivity index (χ1) is 7.79. The van der Waals surface area contributed by atoms with Gasteiger partial charge in [0, 0.05) is 12.7 Å². The molecule has 1 aromatic carbocycles. The summed E-state index contributed by atoms with van der Waals surface area (Å²) in [5.41, 5.74) is 1.65. The van der Waals surface area contributed by atoms with E-state index >= 15 is 0 Å². The van der Waals surface area contributed by atoms with Crippen molar-refractivity contribution in [1.29, 1.82) is 5.26 Å². The molecule has 0 radical (unpaired) electrons. The lowest BCUT2D eigenvalue weighted by molar-refractivity contribution is 1.14. The average Bonchev–Trinajstić information content (AvgIpc) is 2.35. The van der Waals surface area contributed by atoms with Crippen LogP contribution in [-0.2, 0) is 0 Å². The van der Waals surface area contributed by atoms with Gasteiger partial charge in [-0.25, -0.2) is 0 Å². The third-order valence-corrected chi connectivity index (χ3v) is 2.25. The van der Waals surface area contributed by atoms with Crippen molar-refractivity contribution < 1.29 is 0 Å². The largest absolute Gasteiger partial charge is 0.336 e. The number of hydrogen-bond acceptors (Lipinski definition) is 2. The van der Waals surface area contributed by atoms with E-state index in [0.29, 0.717) is 5.70 Å². The van der Waals surface area contributed by atoms with Gasteiger partial charge in [0.2, 0.25) is 0 Å². The summed E-state index contributed by atoms with van der Waals surface area (Å²) in [5.74, 6) is 0. The Kier molecular flexibility index (Phi) is 4.88. The van der Waals surface area contributed by atoms with Crippen molar-refractivity contribution >= 4 is 5.69 Å². The maximum absolute atomic E-state index is 9.06. The minimum absolute atomic E-state index is 0.635. The van der Waals surface area contributed by atoms with Crippen LogP contribution in [0.4, 0.5) is 5.69 Å². The van der Waals surface area contributed by atoms with Crippen molar-refractivity contribution in [2.24, 2.45) is 0 Å². The smallest absolute Gasteiger partial charge is 0.120 e. The highest BCUT2D eigenvalue weighted by atomic mass is 15.1. The van der Waals surface area contributed by atoms with Gasteiger partial charge in [-0.2, -0.15) is 5.26 Å². The van der Waals surface area contributed by atoms with Crippen LogP contribution >= 0.6 is 0 Å². The third-order valence-electron chi connectivity index (χ3n) is 2.25. The Bertz CT molecular complexity index is 410. The summed E-state index contributed by atoms with van der Waals surface area (Å²) in [5, 5.41) is 9.06. The van der Waals surface area contributed by atoms with Gasteiger partial charge in [-0.15, -0.1) is 0 Å². The molecule has 0 spiro atoms. The second-order valence-corrected chi connectivity index (χ2v) is 3.39. The summed E-state index contributed by atoms with van der Waals surface area (Å²) in [6.07, 6.45) is 6.74. The number of hydrogen-bond donors (Lipinski definition) is 0. The molecule has 2 heteroatoms. The molecule has 0 aromatic heterocycles. The Hall–Kier alpha value is -2.01. The Morgan fingerprint density at radius 2 is 2.06 bits per heavy atom. The topological polar surface area (TPSA) is 27.0 Å². The van der Waals surface area contributed by atoms with E-state index < -0.39 is 0 Å². The Morgan fingerprint density at radius 1 is 1.38 bits per heavy atom. The normalized spacial score (nSPS) is 11.4. The molecule has 0 heterocycles. The molecule has 1 aromatic rings. The highest BCUT2D eigenvalue weighted by Crippen LogP contribution is 2.15. The van der Waals surface area contributed by atoms with Crippen molar-refractivity contribution in [3.63, 3.8) is 0 Å². The molecule has 0 aliphatic heterocycles. The van der Waals surface area contributed by atoms with E-state index in [1.807, 2.05) is 60.5 Å². The number of allylic oxidation sites excluding steroid dienone is 4. The highest BCUT2D eigenvalue weighted by Gasteiger charge is 2.03. The molecule has 0 unspecified atom stereocenters. The fourth-order valence-electron chi connectivity index (χ4n) is 1.31. The zero-order valence-electron chi connectivity index (χ0n) is 9.72. The van der Waals surface area contributed by atoms with E-state index in [1.54, 1.807) is 0 Å². The molecule has 16 heavy (non-hydrogen) atoms. The fourth-order valence-corrected chi connectivity index (χ4v) is 1.31. The van der Waals surface area contributed by atoms with Crippen molar-refractivity contribution in [1.82, 2.24) is 0 Å². The molecular formula is C14H16N2. The van der Waals surface area contributed by atoms with Crippen LogP contribution in [-0.4, -0.2) is 7.05 Å². The van der Waals surface area contributed by atoms with Crippen LogP contribution in [0.2, 0.25) is 0 Å². The van der Waals surface area contributed by atoms with Crippen molar-refractivity contribution in [2.75, 3.05) is 11.9 Å². The van der Waals surface area contributed by atoms with Gasteiger partial charge < -0.3 is 4.90 Å². The lowest BCUT2D eigenvalue weighted by Crippen LogP contribution is -2.14. The summed E-state index contributed by atoms with van der Waals surface area (Å²) in [4.78, 5) is 1.88. The molecule has 0 aliphatic rings. The van der Waals surface area contributed by atoms with Gasteiger partial charge in [0.1, 0.15) is 11.8 Å². The first kappa shape index (κ1) is 12.1. The van der Waals surface area contributed by atoms with Crippen molar-refractivity contribution in [3.8, 4) is 6.07 Å². The first-order valence-corrected chi connectivity index (χ1v) is 5.35. The van der Waals surface area contributed by atoms with Crippen molar-refractivity contribution in [3.05, 3.63) is 54.3 Å². The van der Waals surface area contributed by atoms with E-state index in [2.05, 4.69) is 13.0 Å². The van der Waals surface area contributed by atoms with Crippen LogP contribution in [0.1, 0.15) is 13.3 Å². The van der Waals surface area contributed by atoms with Gasteiger partial charge in [0.05, 0.1) is 0 Å². The van der Waals surface area contributed by atoms with Crippen LogP contribution in [0.3, 0.4) is 0 Å². The van der Waals surface area contributed by atoms with Gasteiger partial charge in [-0.1, -0.05) is 37.3 Å². The van der Waals surface area contributed by atoms with E-state index in [9.17, 15) is 0 Å². The lowest BCUT2D eigenvalue weighted by atomic mass is 10.2. The Labute approximate surface area is 97.1 Å². The number of anilines is 1. The van der Waals surface area contributed by atoms with E-state index in [1.165, 1.54) is 0 Å². The molecule has 1 rings (SSSR count). The molecule has 2 nitrogen and oxygen atoms in total. The summed E-state index contributed by atoms with van der Waals surface area (Å²) < 4.78 is 0. The van der Waals surface area contributed by atoms with Crippen LogP contribution in [0, 0.1) is 11.3 Å². The molecule has 0 aliphatic carbocycles. The molecule has 0 saturated heterocycles. The average molecular weight is 212 g/mol. The summed E-state index contributed by atoms with van der Waals surface area (Å²) in [6, 6.07) is 12.0. The molecule has 0 N–H and O–H groups in total. The third kappa shape index (κ3) is 3.29. The quantitative estimate of drug-likeness (QED) is 0.564. The summed E-state index contributed by atoms with van der Waals surface area (Å²) in [7, 11) is 1.89. The van der Waals surface area contributed by atoms with E-state index in [-0.39, 0.29) is 0 Å². The highest BCUT2D eigenvalue weighted by molar-refractivity contribution is 5.54. The monoisotopic (exact) mass is 212 g/mol. The molecule has 0 amide bonds. The second-order valence-electron chi connectivity index (χ2n) is 3.39. The summed E-state index contributed by atoms with van der Waals surface area (Å²) in [6.45, 7) is 2.07. The van der Waals surface area contributed by atoms with Crippen molar-refractivity contribution in [2.45, 2.75) is 13.3 Å². The second kappa shape index (κ2) is 6.47. The van der Waals surface area contributed by atoms with E-state index in [4.69, 9.17) is 5.26 Å². The van der Waals surface area contributed by atoms with Gasteiger partial charge in [0.15, 0.2) is 0 Å². The molecule has 0 bridgehead atoms. The van der Waals surface area contributed by atoms with E-state index in [0.717, 1.165) is 12.1 Å². The number of nitrogens with zero attached hydrogens (tertiary/aromatic N) is 2. The Balaban J connectivity index is 2.87. The zero-order valence-corrected chi connectivity index (χ0v) is 9.72. The minimum Gasteiger partial charge on any atom is -0.336 e. The summed E-state index contributed by atoms with van der Waals surface area (Å²) >= 11 is 0. The van der Waals surface area contributed by atoms with Crippen LogP contribution in [0.15, 0.2) is 54.3 Å². The van der Waals surface area contributed by atoms with Crippen LogP contribution in [0.25, 0.3) is 0 Å². The maximum Gasteiger partial charge on any atom is 0.120 e. The Morgan fingerprint density at radius 3 is 2.62 bits per heavy atom.